The van der Waals surface area contributed by atoms with Gasteiger partial charge in [-0.25, -0.2) is 0 Å². The van der Waals surface area contributed by atoms with E-state index in [1.165, 1.54) is 17.7 Å². The van der Waals surface area contributed by atoms with Crippen molar-refractivity contribution in [3.63, 3.8) is 0 Å². The monoisotopic (exact) mass is 491 g/mol. The second-order valence-corrected chi connectivity index (χ2v) is 7.50. The van der Waals surface area contributed by atoms with Gasteiger partial charge in [-0.1, -0.05) is 48.0 Å². The van der Waals surface area contributed by atoms with Crippen LogP contribution >= 0.6 is 24.0 Å². The Balaban J connectivity index is 0.00000385. The number of nitro groups is 1. The van der Waals surface area contributed by atoms with Gasteiger partial charge in [0.1, 0.15) is 0 Å². The standard InChI is InChI=1S/C24H26ClN3O4.ClH/c1-31-24-15-19(7-10-23(24)32-14-11-18-5-3-2-4-6-18)17-26-12-13-27-22-9-8-20(28(29)30)16-21(22)25;/h2-10,15-16,26-27H,11-14,17H2,1H3;1H. The number of rotatable bonds is 12. The van der Waals surface area contributed by atoms with E-state index in [9.17, 15) is 10.1 Å². The summed E-state index contributed by atoms with van der Waals surface area (Å²) >= 11 is 6.09. The van der Waals surface area contributed by atoms with Crippen molar-refractivity contribution < 1.29 is 14.4 Å². The minimum atomic E-state index is -0.467. The first-order valence-corrected chi connectivity index (χ1v) is 10.7. The molecule has 3 aromatic rings. The number of hydrogen-bond donors (Lipinski definition) is 2. The van der Waals surface area contributed by atoms with Gasteiger partial charge >= 0.3 is 0 Å². The van der Waals surface area contributed by atoms with Crippen LogP contribution in [0, 0.1) is 10.1 Å². The van der Waals surface area contributed by atoms with Gasteiger partial charge in [-0.15, -0.1) is 12.4 Å². The summed E-state index contributed by atoms with van der Waals surface area (Å²) in [4.78, 5) is 10.3. The van der Waals surface area contributed by atoms with Crippen LogP contribution < -0.4 is 20.1 Å². The molecule has 0 amide bonds. The van der Waals surface area contributed by atoms with Crippen molar-refractivity contribution in [3.05, 3.63) is 93.0 Å². The highest BCUT2D eigenvalue weighted by molar-refractivity contribution is 6.33. The van der Waals surface area contributed by atoms with Crippen LogP contribution in [0.2, 0.25) is 5.02 Å². The topological polar surface area (TPSA) is 85.7 Å². The largest absolute Gasteiger partial charge is 0.493 e. The summed E-state index contributed by atoms with van der Waals surface area (Å²) in [5.74, 6) is 1.43. The van der Waals surface area contributed by atoms with E-state index in [4.69, 9.17) is 21.1 Å². The Morgan fingerprint density at radius 1 is 0.970 bits per heavy atom. The highest BCUT2D eigenvalue weighted by atomic mass is 35.5. The molecule has 0 aliphatic heterocycles. The highest BCUT2D eigenvalue weighted by Gasteiger charge is 2.09. The van der Waals surface area contributed by atoms with Crippen molar-refractivity contribution in [2.45, 2.75) is 13.0 Å². The van der Waals surface area contributed by atoms with Crippen LogP contribution in [0.4, 0.5) is 11.4 Å². The van der Waals surface area contributed by atoms with Crippen molar-refractivity contribution >= 4 is 35.4 Å². The molecule has 0 atom stereocenters. The van der Waals surface area contributed by atoms with Crippen molar-refractivity contribution in [3.8, 4) is 11.5 Å². The minimum absolute atomic E-state index is 0. The van der Waals surface area contributed by atoms with Gasteiger partial charge in [-0.3, -0.25) is 10.1 Å². The quantitative estimate of drug-likeness (QED) is 0.197. The lowest BCUT2D eigenvalue weighted by Gasteiger charge is -2.13. The summed E-state index contributed by atoms with van der Waals surface area (Å²) in [6.45, 7) is 2.55. The average molecular weight is 492 g/mol. The van der Waals surface area contributed by atoms with Gasteiger partial charge in [-0.2, -0.15) is 0 Å². The second kappa shape index (κ2) is 13.5. The Kier molecular flexibility index (Phi) is 10.8. The van der Waals surface area contributed by atoms with E-state index >= 15 is 0 Å². The first kappa shape index (κ1) is 26.3. The maximum Gasteiger partial charge on any atom is 0.271 e. The predicted octanol–water partition coefficient (Wildman–Crippen LogP) is 5.50. The lowest BCUT2D eigenvalue weighted by Crippen LogP contribution is -2.21. The van der Waals surface area contributed by atoms with E-state index in [1.807, 2.05) is 36.4 Å². The van der Waals surface area contributed by atoms with Gasteiger partial charge in [-0.05, 0) is 29.3 Å². The summed E-state index contributed by atoms with van der Waals surface area (Å²) in [7, 11) is 1.63. The molecule has 3 aromatic carbocycles. The van der Waals surface area contributed by atoms with E-state index < -0.39 is 4.92 Å². The number of ether oxygens (including phenoxy) is 2. The second-order valence-electron chi connectivity index (χ2n) is 7.09. The van der Waals surface area contributed by atoms with Crippen molar-refractivity contribution in [2.24, 2.45) is 0 Å². The molecule has 0 aliphatic rings. The average Bonchev–Trinajstić information content (AvgIpc) is 2.81. The first-order chi connectivity index (χ1) is 15.6. The van der Waals surface area contributed by atoms with Crippen LogP contribution in [0.15, 0.2) is 66.7 Å². The molecule has 0 saturated carbocycles. The molecule has 0 fully saturated rings. The molecule has 0 aromatic heterocycles. The Hall–Kier alpha value is -3.00. The molecule has 0 radical (unpaired) electrons. The molecule has 3 rings (SSSR count). The number of methoxy groups -OCH3 is 1. The van der Waals surface area contributed by atoms with Crippen molar-refractivity contribution in [1.29, 1.82) is 0 Å². The Labute approximate surface area is 204 Å². The fraction of sp³-hybridized carbons (Fsp3) is 0.250. The molecule has 0 spiro atoms. The van der Waals surface area contributed by atoms with E-state index in [-0.39, 0.29) is 18.1 Å². The van der Waals surface area contributed by atoms with E-state index in [2.05, 4.69) is 22.8 Å². The molecule has 33 heavy (non-hydrogen) atoms. The van der Waals surface area contributed by atoms with E-state index in [0.29, 0.717) is 42.7 Å². The zero-order valence-corrected chi connectivity index (χ0v) is 19.8. The maximum atomic E-state index is 10.8. The number of benzene rings is 3. The molecule has 7 nitrogen and oxygen atoms in total. The fourth-order valence-electron chi connectivity index (χ4n) is 3.14. The van der Waals surface area contributed by atoms with Crippen LogP contribution in [-0.4, -0.2) is 31.7 Å². The molecule has 0 bridgehead atoms. The number of halogens is 2. The van der Waals surface area contributed by atoms with Gasteiger partial charge in [0.15, 0.2) is 11.5 Å². The predicted molar refractivity (Wildman–Crippen MR) is 134 cm³/mol. The number of nitrogens with zero attached hydrogens (tertiary/aromatic N) is 1. The molecule has 0 unspecified atom stereocenters. The summed E-state index contributed by atoms with van der Waals surface area (Å²) in [5, 5.41) is 17.6. The van der Waals surface area contributed by atoms with Crippen LogP contribution in [-0.2, 0) is 13.0 Å². The normalized spacial score (nSPS) is 10.2. The molecule has 0 aliphatic carbocycles. The Morgan fingerprint density at radius 2 is 1.76 bits per heavy atom. The van der Waals surface area contributed by atoms with Gasteiger partial charge < -0.3 is 20.1 Å². The summed E-state index contributed by atoms with van der Waals surface area (Å²) in [6, 6.07) is 20.5. The van der Waals surface area contributed by atoms with E-state index in [1.54, 1.807) is 13.2 Å². The maximum absolute atomic E-state index is 10.8. The SMILES string of the molecule is COc1cc(CNCCNc2ccc([N+](=O)[O-])cc2Cl)ccc1OCCc1ccccc1.Cl. The smallest absolute Gasteiger partial charge is 0.271 e. The zero-order chi connectivity index (χ0) is 22.8. The van der Waals surface area contributed by atoms with Gasteiger partial charge in [0.2, 0.25) is 0 Å². The Morgan fingerprint density at radius 3 is 2.45 bits per heavy atom. The summed E-state index contributed by atoms with van der Waals surface area (Å²) in [6.07, 6.45) is 0.832. The zero-order valence-electron chi connectivity index (χ0n) is 18.3. The van der Waals surface area contributed by atoms with Crippen LogP contribution in [0.1, 0.15) is 11.1 Å². The van der Waals surface area contributed by atoms with Crippen molar-refractivity contribution in [1.82, 2.24) is 5.32 Å². The third-order valence-corrected chi connectivity index (χ3v) is 5.14. The lowest BCUT2D eigenvalue weighted by molar-refractivity contribution is -0.384. The molecule has 0 saturated heterocycles. The molecule has 176 valence electrons. The van der Waals surface area contributed by atoms with Gasteiger partial charge in [0, 0.05) is 38.2 Å². The van der Waals surface area contributed by atoms with Crippen LogP contribution in [0.5, 0.6) is 11.5 Å². The highest BCUT2D eigenvalue weighted by Crippen LogP contribution is 2.28. The van der Waals surface area contributed by atoms with E-state index in [0.717, 1.165) is 17.7 Å². The van der Waals surface area contributed by atoms with Crippen LogP contribution in [0.25, 0.3) is 0 Å². The number of hydrogen-bond acceptors (Lipinski definition) is 6. The first-order valence-electron chi connectivity index (χ1n) is 10.3. The fourth-order valence-corrected chi connectivity index (χ4v) is 3.39. The molecular weight excluding hydrogens is 465 g/mol. The third-order valence-electron chi connectivity index (χ3n) is 4.83. The molecule has 9 heteroatoms. The minimum Gasteiger partial charge on any atom is -0.493 e. The number of nitro benzene ring substituents is 1. The molecular formula is C24H27Cl2N3O4. The molecule has 0 heterocycles. The molecule has 2 N–H and O–H groups in total. The summed E-state index contributed by atoms with van der Waals surface area (Å²) in [5.41, 5.74) is 2.94. The summed E-state index contributed by atoms with van der Waals surface area (Å²) < 4.78 is 11.4. The number of anilines is 1. The number of non-ortho nitro benzene ring substituents is 1. The Bertz CT molecular complexity index is 1040. The van der Waals surface area contributed by atoms with Gasteiger partial charge in [0.25, 0.3) is 5.69 Å². The van der Waals surface area contributed by atoms with Gasteiger partial charge in [0.05, 0.1) is 29.4 Å². The number of nitrogens with one attached hydrogen (secondary N) is 2. The van der Waals surface area contributed by atoms with Crippen molar-refractivity contribution in [2.75, 3.05) is 32.1 Å². The lowest BCUT2D eigenvalue weighted by atomic mass is 10.1. The van der Waals surface area contributed by atoms with Crippen LogP contribution in [0.3, 0.4) is 0 Å². The third kappa shape index (κ3) is 8.13.